The quantitative estimate of drug-likeness (QED) is 0.170. The zero-order valence-electron chi connectivity index (χ0n) is 29.9. The average molecular weight is 719 g/mol. The summed E-state index contributed by atoms with van der Waals surface area (Å²) in [6, 6.07) is 60.1. The largest absolute Gasteiger partial charge is 0.304 e. The minimum Gasteiger partial charge on any atom is -0.304 e. The second-order valence-electron chi connectivity index (χ2n) is 13.7. The normalized spacial score (nSPS) is 11.6. The van der Waals surface area contributed by atoms with Gasteiger partial charge in [-0.05, 0) is 64.7 Å². The van der Waals surface area contributed by atoms with Gasteiger partial charge in [-0.1, -0.05) is 133 Å². The molecule has 0 N–H and O–H groups in total. The molecule has 0 aliphatic rings. The molecule has 0 fully saturated rings. The van der Waals surface area contributed by atoms with Crippen LogP contribution in [-0.4, -0.2) is 39.3 Å². The van der Waals surface area contributed by atoms with Crippen LogP contribution in [0.3, 0.4) is 0 Å². The summed E-state index contributed by atoms with van der Waals surface area (Å²) in [6.45, 7) is 0. The maximum Gasteiger partial charge on any atom is 0.238 e. The first-order chi connectivity index (χ1) is 27.8. The highest BCUT2D eigenvalue weighted by Gasteiger charge is 2.25. The highest BCUT2D eigenvalue weighted by Crippen LogP contribution is 2.39. The van der Waals surface area contributed by atoms with Gasteiger partial charge in [0.25, 0.3) is 0 Å². The van der Waals surface area contributed by atoms with Crippen molar-refractivity contribution in [1.29, 1.82) is 0 Å². The van der Waals surface area contributed by atoms with Gasteiger partial charge in [-0.2, -0.15) is 9.97 Å². The summed E-state index contributed by atoms with van der Waals surface area (Å²) < 4.78 is 4.34. The van der Waals surface area contributed by atoms with Gasteiger partial charge in [0.2, 0.25) is 5.95 Å². The molecule has 6 aromatic carbocycles. The van der Waals surface area contributed by atoms with Crippen molar-refractivity contribution in [2.24, 2.45) is 0 Å². The van der Waals surface area contributed by atoms with Crippen LogP contribution in [0.1, 0.15) is 0 Å². The van der Waals surface area contributed by atoms with Gasteiger partial charge >= 0.3 is 0 Å². The zero-order chi connectivity index (χ0) is 37.0. The van der Waals surface area contributed by atoms with Crippen LogP contribution in [0.5, 0.6) is 0 Å². The fourth-order valence-electron chi connectivity index (χ4n) is 7.77. The third-order valence-corrected chi connectivity index (χ3v) is 10.3. The van der Waals surface area contributed by atoms with Crippen molar-refractivity contribution < 1.29 is 0 Å². The highest BCUT2D eigenvalue weighted by molar-refractivity contribution is 6.19. The molecule has 0 saturated heterocycles. The number of hydrogen-bond donors (Lipinski definition) is 0. The minimum absolute atomic E-state index is 0.471. The van der Waals surface area contributed by atoms with Crippen LogP contribution < -0.4 is 0 Å². The number of rotatable bonds is 6. The lowest BCUT2D eigenvalue weighted by atomic mass is 10.0. The van der Waals surface area contributed by atoms with Crippen LogP contribution in [0.2, 0.25) is 0 Å². The lowest BCUT2D eigenvalue weighted by Crippen LogP contribution is -2.07. The predicted molar refractivity (Wildman–Crippen MR) is 224 cm³/mol. The molecule has 0 bridgehead atoms. The topological polar surface area (TPSA) is 87.2 Å². The number of fused-ring (bicyclic) bond motifs is 7. The van der Waals surface area contributed by atoms with Crippen molar-refractivity contribution in [3.8, 4) is 56.7 Å². The van der Waals surface area contributed by atoms with Gasteiger partial charge in [-0.25, -0.2) is 4.98 Å². The molecular formula is C48H30N8. The molecule has 0 aliphatic heterocycles. The van der Waals surface area contributed by atoms with Gasteiger partial charge in [0.15, 0.2) is 11.6 Å². The highest BCUT2D eigenvalue weighted by atomic mass is 15.2. The van der Waals surface area contributed by atoms with E-state index in [0.29, 0.717) is 23.1 Å². The van der Waals surface area contributed by atoms with E-state index in [-0.39, 0.29) is 0 Å². The van der Waals surface area contributed by atoms with Crippen LogP contribution in [0.4, 0.5) is 0 Å². The standard InChI is InChI=1S/C48H30N8/c1-4-15-31(16-5-1)33-19-12-21-35(29-33)46-50-47(36-22-13-20-34(30-36)32-17-6-2-7-18-32)52-48(51-46)56-39-26-11-10-25-38(39)41-44(56)45-43(54-53-41)42-40(27-14-28-49-42)55(45)37-23-8-3-9-24-37/h1-30H. The number of aromatic nitrogens is 8. The van der Waals surface area contributed by atoms with Crippen molar-refractivity contribution >= 4 is 44.0 Å². The van der Waals surface area contributed by atoms with Crippen molar-refractivity contribution in [1.82, 2.24) is 39.3 Å². The van der Waals surface area contributed by atoms with Gasteiger partial charge in [0.05, 0.1) is 11.0 Å². The van der Waals surface area contributed by atoms with Crippen molar-refractivity contribution in [3.63, 3.8) is 0 Å². The minimum atomic E-state index is 0.471. The number of benzene rings is 6. The van der Waals surface area contributed by atoms with Crippen LogP contribution in [0.15, 0.2) is 182 Å². The van der Waals surface area contributed by atoms with E-state index in [1.807, 2.05) is 48.5 Å². The Morgan fingerprint density at radius 3 is 1.54 bits per heavy atom. The Hall–Kier alpha value is -7.84. The van der Waals surface area contributed by atoms with Gasteiger partial charge in [-0.15, -0.1) is 10.2 Å². The van der Waals surface area contributed by atoms with Crippen LogP contribution in [0.25, 0.3) is 101 Å². The van der Waals surface area contributed by atoms with Crippen molar-refractivity contribution in [2.75, 3.05) is 0 Å². The van der Waals surface area contributed by atoms with Gasteiger partial charge in [0.1, 0.15) is 27.6 Å². The third-order valence-electron chi connectivity index (χ3n) is 10.3. The Morgan fingerprint density at radius 2 is 0.875 bits per heavy atom. The first kappa shape index (κ1) is 31.7. The molecular weight excluding hydrogens is 689 g/mol. The Kier molecular flexibility index (Phi) is 7.31. The number of nitrogens with zero attached hydrogens (tertiary/aromatic N) is 8. The summed E-state index contributed by atoms with van der Waals surface area (Å²) in [5, 5.41) is 10.7. The van der Waals surface area contributed by atoms with E-state index in [9.17, 15) is 0 Å². The Balaban J connectivity index is 1.24. The molecule has 0 spiro atoms. The summed E-state index contributed by atoms with van der Waals surface area (Å²) in [5.41, 5.74) is 12.9. The lowest BCUT2D eigenvalue weighted by Gasteiger charge is -2.13. The fourth-order valence-corrected chi connectivity index (χ4v) is 7.77. The van der Waals surface area contributed by atoms with Crippen LogP contribution >= 0.6 is 0 Å². The summed E-state index contributed by atoms with van der Waals surface area (Å²) >= 11 is 0. The first-order valence-corrected chi connectivity index (χ1v) is 18.5. The SMILES string of the molecule is c1ccc(-c2cccc(-c3nc(-c4cccc(-c5ccccc5)c4)nc(-n4c5ccccc5c5nnc6c7ncccc7n(-c7ccccc7)c6c54)n3)c2)cc1. The average Bonchev–Trinajstić information content (AvgIpc) is 3.80. The van der Waals surface area contributed by atoms with Gasteiger partial charge in [0, 0.05) is 28.4 Å². The second kappa shape index (κ2) is 12.9. The summed E-state index contributed by atoms with van der Waals surface area (Å²) in [4.78, 5) is 20.7. The number of hydrogen-bond acceptors (Lipinski definition) is 6. The van der Waals surface area contributed by atoms with Gasteiger partial charge < -0.3 is 4.57 Å². The van der Waals surface area contributed by atoms with Crippen molar-refractivity contribution in [3.05, 3.63) is 182 Å². The third kappa shape index (κ3) is 5.15. The van der Waals surface area contributed by atoms with Crippen LogP contribution in [0, 0.1) is 0 Å². The Bertz CT molecular complexity index is 3140. The molecule has 8 nitrogen and oxygen atoms in total. The van der Waals surface area contributed by atoms with E-state index in [2.05, 4.69) is 137 Å². The van der Waals surface area contributed by atoms with E-state index in [0.717, 1.165) is 77.6 Å². The van der Waals surface area contributed by atoms with E-state index < -0.39 is 0 Å². The first-order valence-electron chi connectivity index (χ1n) is 18.5. The van der Waals surface area contributed by atoms with E-state index in [1.54, 1.807) is 6.20 Å². The zero-order valence-corrected chi connectivity index (χ0v) is 29.9. The van der Waals surface area contributed by atoms with Crippen molar-refractivity contribution in [2.45, 2.75) is 0 Å². The Morgan fingerprint density at radius 1 is 0.357 bits per heavy atom. The predicted octanol–water partition coefficient (Wildman–Crippen LogP) is 10.9. The molecule has 0 radical (unpaired) electrons. The summed E-state index contributed by atoms with van der Waals surface area (Å²) in [7, 11) is 0. The molecule has 11 rings (SSSR count). The maximum atomic E-state index is 5.32. The van der Waals surface area contributed by atoms with Crippen LogP contribution in [-0.2, 0) is 0 Å². The molecule has 0 atom stereocenters. The molecule has 8 heteroatoms. The monoisotopic (exact) mass is 718 g/mol. The smallest absolute Gasteiger partial charge is 0.238 e. The van der Waals surface area contributed by atoms with E-state index >= 15 is 0 Å². The van der Waals surface area contributed by atoms with Gasteiger partial charge in [-0.3, -0.25) is 9.55 Å². The molecule has 11 aromatic rings. The summed E-state index contributed by atoms with van der Waals surface area (Å²) in [6.07, 6.45) is 1.80. The van der Waals surface area contributed by atoms with E-state index in [4.69, 9.17) is 30.1 Å². The number of pyridine rings is 1. The molecule has 0 saturated carbocycles. The molecule has 5 aromatic heterocycles. The fraction of sp³-hybridized carbons (Fsp3) is 0. The molecule has 262 valence electrons. The number of para-hydroxylation sites is 2. The molecule has 56 heavy (non-hydrogen) atoms. The lowest BCUT2D eigenvalue weighted by molar-refractivity contribution is 0.951. The molecule has 5 heterocycles. The maximum absolute atomic E-state index is 5.32. The molecule has 0 aliphatic carbocycles. The molecule has 0 unspecified atom stereocenters. The summed E-state index contributed by atoms with van der Waals surface area (Å²) in [5.74, 6) is 1.59. The van der Waals surface area contributed by atoms with E-state index in [1.165, 1.54) is 0 Å². The Labute approximate surface area is 321 Å². The second-order valence-corrected chi connectivity index (χ2v) is 13.7. The molecule has 0 amide bonds.